The third-order valence-corrected chi connectivity index (χ3v) is 2.74. The van der Waals surface area contributed by atoms with E-state index in [2.05, 4.69) is 22.5 Å². The molecule has 0 saturated heterocycles. The molecule has 17 heavy (non-hydrogen) atoms. The first kappa shape index (κ1) is 12.0. The van der Waals surface area contributed by atoms with E-state index in [4.69, 9.17) is 4.74 Å². The van der Waals surface area contributed by atoms with Crippen molar-refractivity contribution in [2.75, 3.05) is 5.32 Å². The molecule has 1 unspecified atom stereocenters. The number of aromatic nitrogens is 1. The Hall–Kier alpha value is -1.51. The highest BCUT2D eigenvalue weighted by atomic mass is 16.5. The smallest absolute Gasteiger partial charge is 0.168 e. The molecule has 0 fully saturated rings. The first-order valence-corrected chi connectivity index (χ1v) is 6.29. The molecular weight excluding hydrogens is 212 g/mol. The molecule has 3 heteroatoms. The first-order valence-electron chi connectivity index (χ1n) is 6.29. The molecule has 1 aliphatic carbocycles. The second-order valence-electron chi connectivity index (χ2n) is 4.64. The Morgan fingerprint density at radius 1 is 1.41 bits per heavy atom. The number of hydrogen-bond donors (Lipinski definition) is 1. The van der Waals surface area contributed by atoms with Gasteiger partial charge in [-0.3, -0.25) is 0 Å². The minimum absolute atomic E-state index is 0.172. The zero-order chi connectivity index (χ0) is 12.1. The third-order valence-electron chi connectivity index (χ3n) is 2.74. The molecule has 3 nitrogen and oxygen atoms in total. The number of nitrogens with one attached hydrogen (secondary N) is 1. The number of hydrogen-bond acceptors (Lipinski definition) is 3. The maximum Gasteiger partial charge on any atom is 0.168 e. The number of ether oxygens (including phenoxy) is 1. The predicted octanol–water partition coefficient (Wildman–Crippen LogP) is 3.39. The standard InChI is InChI=1S/C14H20N2O/c1-11(2)17-13-9-6-10-15-14(13)16-12-7-4-3-5-8-12/h3-4,6,9-12H,5,7-8H2,1-2H3,(H,15,16). The molecule has 0 amide bonds. The molecule has 0 aromatic carbocycles. The van der Waals surface area contributed by atoms with Crippen molar-refractivity contribution in [1.29, 1.82) is 0 Å². The Morgan fingerprint density at radius 2 is 2.29 bits per heavy atom. The molecule has 1 aromatic heterocycles. The summed E-state index contributed by atoms with van der Waals surface area (Å²) in [5, 5.41) is 3.47. The van der Waals surface area contributed by atoms with Gasteiger partial charge in [0.2, 0.25) is 0 Å². The molecule has 0 spiro atoms. The van der Waals surface area contributed by atoms with E-state index >= 15 is 0 Å². The van der Waals surface area contributed by atoms with Crippen molar-refractivity contribution >= 4 is 5.82 Å². The van der Waals surface area contributed by atoms with Crippen LogP contribution in [0, 0.1) is 0 Å². The highest BCUT2D eigenvalue weighted by molar-refractivity contribution is 5.50. The van der Waals surface area contributed by atoms with E-state index in [0.29, 0.717) is 6.04 Å². The van der Waals surface area contributed by atoms with Crippen LogP contribution in [0.3, 0.4) is 0 Å². The van der Waals surface area contributed by atoms with Gasteiger partial charge in [0.15, 0.2) is 11.6 Å². The third kappa shape index (κ3) is 3.48. The van der Waals surface area contributed by atoms with E-state index in [0.717, 1.165) is 30.8 Å². The van der Waals surface area contributed by atoms with E-state index in [1.165, 1.54) is 0 Å². The Labute approximate surface area is 103 Å². The summed E-state index contributed by atoms with van der Waals surface area (Å²) in [6.07, 6.45) is 9.81. The van der Waals surface area contributed by atoms with Crippen LogP contribution in [0.5, 0.6) is 5.75 Å². The van der Waals surface area contributed by atoms with Gasteiger partial charge in [0.25, 0.3) is 0 Å². The molecule has 0 saturated carbocycles. The SMILES string of the molecule is CC(C)Oc1cccnc1NC1CC=CCC1. The van der Waals surface area contributed by atoms with Crippen molar-refractivity contribution in [3.63, 3.8) is 0 Å². The lowest BCUT2D eigenvalue weighted by Crippen LogP contribution is -2.21. The van der Waals surface area contributed by atoms with E-state index in [9.17, 15) is 0 Å². The number of rotatable bonds is 4. The number of anilines is 1. The van der Waals surface area contributed by atoms with Crippen molar-refractivity contribution in [3.05, 3.63) is 30.5 Å². The van der Waals surface area contributed by atoms with Gasteiger partial charge in [-0.25, -0.2) is 4.98 Å². The van der Waals surface area contributed by atoms with Gasteiger partial charge in [-0.2, -0.15) is 0 Å². The van der Waals surface area contributed by atoms with Crippen molar-refractivity contribution in [2.45, 2.75) is 45.3 Å². The Bertz CT molecular complexity index is 388. The maximum atomic E-state index is 5.74. The van der Waals surface area contributed by atoms with Gasteiger partial charge in [-0.05, 0) is 45.2 Å². The fraction of sp³-hybridized carbons (Fsp3) is 0.500. The van der Waals surface area contributed by atoms with Crippen molar-refractivity contribution < 1.29 is 4.74 Å². The van der Waals surface area contributed by atoms with E-state index in [1.807, 2.05) is 26.0 Å². The molecule has 2 rings (SSSR count). The molecule has 1 atom stereocenters. The highest BCUT2D eigenvalue weighted by Gasteiger charge is 2.13. The lowest BCUT2D eigenvalue weighted by atomic mass is 10.0. The van der Waals surface area contributed by atoms with Crippen LogP contribution in [0.4, 0.5) is 5.82 Å². The summed E-state index contributed by atoms with van der Waals surface area (Å²) in [7, 11) is 0. The van der Waals surface area contributed by atoms with E-state index in [-0.39, 0.29) is 6.10 Å². The van der Waals surface area contributed by atoms with Crippen LogP contribution in [0.2, 0.25) is 0 Å². The summed E-state index contributed by atoms with van der Waals surface area (Å²) >= 11 is 0. The molecule has 1 N–H and O–H groups in total. The van der Waals surface area contributed by atoms with Gasteiger partial charge in [0.1, 0.15) is 0 Å². The summed E-state index contributed by atoms with van der Waals surface area (Å²) in [5.74, 6) is 1.71. The normalized spacial score (nSPS) is 19.4. The molecule has 92 valence electrons. The molecule has 0 aliphatic heterocycles. The number of allylic oxidation sites excluding steroid dienone is 1. The molecule has 1 aromatic rings. The summed E-state index contributed by atoms with van der Waals surface area (Å²) in [6, 6.07) is 4.35. The van der Waals surface area contributed by atoms with Gasteiger partial charge in [-0.15, -0.1) is 0 Å². The largest absolute Gasteiger partial charge is 0.487 e. The van der Waals surface area contributed by atoms with Crippen LogP contribution >= 0.6 is 0 Å². The van der Waals surface area contributed by atoms with Crippen molar-refractivity contribution in [2.24, 2.45) is 0 Å². The van der Waals surface area contributed by atoms with Crippen molar-refractivity contribution in [1.82, 2.24) is 4.98 Å². The van der Waals surface area contributed by atoms with Crippen molar-refractivity contribution in [3.8, 4) is 5.75 Å². The molecule has 1 aliphatic rings. The fourth-order valence-electron chi connectivity index (χ4n) is 1.97. The number of pyridine rings is 1. The highest BCUT2D eigenvalue weighted by Crippen LogP contribution is 2.25. The molecule has 0 radical (unpaired) electrons. The molecule has 0 bridgehead atoms. The second-order valence-corrected chi connectivity index (χ2v) is 4.64. The van der Waals surface area contributed by atoms with Crippen LogP contribution in [-0.4, -0.2) is 17.1 Å². The van der Waals surface area contributed by atoms with Crippen LogP contribution < -0.4 is 10.1 Å². The van der Waals surface area contributed by atoms with Gasteiger partial charge in [0.05, 0.1) is 6.10 Å². The monoisotopic (exact) mass is 232 g/mol. The summed E-state index contributed by atoms with van der Waals surface area (Å²) < 4.78 is 5.74. The Morgan fingerprint density at radius 3 is 3.00 bits per heavy atom. The van der Waals surface area contributed by atoms with Crippen LogP contribution in [0.15, 0.2) is 30.5 Å². The topological polar surface area (TPSA) is 34.1 Å². The van der Waals surface area contributed by atoms with Gasteiger partial charge in [-0.1, -0.05) is 12.2 Å². The molecular formula is C14H20N2O. The fourth-order valence-corrected chi connectivity index (χ4v) is 1.97. The van der Waals surface area contributed by atoms with Crippen LogP contribution in [0.25, 0.3) is 0 Å². The Kier molecular flexibility index (Phi) is 4.02. The van der Waals surface area contributed by atoms with Crippen LogP contribution in [0.1, 0.15) is 33.1 Å². The zero-order valence-corrected chi connectivity index (χ0v) is 10.5. The summed E-state index contributed by atoms with van der Waals surface area (Å²) in [6.45, 7) is 4.06. The lowest BCUT2D eigenvalue weighted by Gasteiger charge is -2.22. The van der Waals surface area contributed by atoms with Gasteiger partial charge >= 0.3 is 0 Å². The summed E-state index contributed by atoms with van der Waals surface area (Å²) in [5.41, 5.74) is 0. The second kappa shape index (κ2) is 5.71. The summed E-state index contributed by atoms with van der Waals surface area (Å²) in [4.78, 5) is 4.37. The Balaban J connectivity index is 2.06. The predicted molar refractivity (Wildman–Crippen MR) is 70.4 cm³/mol. The van der Waals surface area contributed by atoms with E-state index < -0.39 is 0 Å². The van der Waals surface area contributed by atoms with Gasteiger partial charge < -0.3 is 10.1 Å². The average Bonchev–Trinajstić information content (AvgIpc) is 2.32. The maximum absolute atomic E-state index is 5.74. The van der Waals surface area contributed by atoms with Crippen LogP contribution in [-0.2, 0) is 0 Å². The van der Waals surface area contributed by atoms with E-state index in [1.54, 1.807) is 6.20 Å². The zero-order valence-electron chi connectivity index (χ0n) is 10.5. The average molecular weight is 232 g/mol. The van der Waals surface area contributed by atoms with Gasteiger partial charge in [0, 0.05) is 12.2 Å². The lowest BCUT2D eigenvalue weighted by molar-refractivity contribution is 0.242. The minimum atomic E-state index is 0.172. The molecule has 1 heterocycles. The quantitative estimate of drug-likeness (QED) is 0.808. The first-order chi connectivity index (χ1) is 8.25. The number of nitrogens with zero attached hydrogens (tertiary/aromatic N) is 1. The minimum Gasteiger partial charge on any atom is -0.487 e.